The van der Waals surface area contributed by atoms with Crippen molar-refractivity contribution in [2.75, 3.05) is 28.2 Å². The Hall–Kier alpha value is -7.32. The van der Waals surface area contributed by atoms with Gasteiger partial charge in [-0.05, 0) is 102 Å². The van der Waals surface area contributed by atoms with Crippen LogP contribution in [0.25, 0.3) is 22.3 Å². The highest BCUT2D eigenvalue weighted by molar-refractivity contribution is 6.21. The highest BCUT2D eigenvalue weighted by atomic mass is 16.2. The summed E-state index contributed by atoms with van der Waals surface area (Å²) in [5, 5.41) is 10.6. The maximum atomic E-state index is 11.7. The minimum absolute atomic E-state index is 0.0660. The lowest BCUT2D eigenvalue weighted by Gasteiger charge is -2.05. The number of hydrogen-bond donors (Lipinski definition) is 4. The third-order valence-electron chi connectivity index (χ3n) is 8.56. The number of allylic oxidation sites excluding steroid dienone is 12. The highest BCUT2D eigenvalue weighted by Gasteiger charge is 2.11. The van der Waals surface area contributed by atoms with E-state index in [4.69, 9.17) is 0 Å². The van der Waals surface area contributed by atoms with Crippen molar-refractivity contribution >= 4 is 45.9 Å². The monoisotopic (exact) mass is 861 g/mol. The predicted molar refractivity (Wildman–Crippen MR) is 272 cm³/mol. The number of carbonyl (C=O) groups excluding carboxylic acids is 4. The molecule has 0 aliphatic rings. The van der Waals surface area contributed by atoms with Crippen molar-refractivity contribution in [3.05, 3.63) is 214 Å². The molecule has 0 saturated carbocycles. The first-order chi connectivity index (χ1) is 30.6. The van der Waals surface area contributed by atoms with Gasteiger partial charge in [0, 0.05) is 50.5 Å². The lowest BCUT2D eigenvalue weighted by Crippen LogP contribution is -2.19. The van der Waals surface area contributed by atoms with Crippen LogP contribution in [0.5, 0.6) is 0 Å². The van der Waals surface area contributed by atoms with E-state index in [2.05, 4.69) is 21.3 Å². The summed E-state index contributed by atoms with van der Waals surface area (Å²) in [6, 6.07) is 38.6. The minimum Gasteiger partial charge on any atom is -0.355 e. The van der Waals surface area contributed by atoms with Crippen molar-refractivity contribution in [3.63, 3.8) is 0 Å². The summed E-state index contributed by atoms with van der Waals surface area (Å²) in [4.78, 5) is 46.9. The zero-order valence-electron chi connectivity index (χ0n) is 39.8. The second-order valence-electron chi connectivity index (χ2n) is 15.1. The molecule has 4 aromatic carbocycles. The highest BCUT2D eigenvalue weighted by Crippen LogP contribution is 2.18. The Balaban J connectivity index is 0.000000427. The molecule has 0 radical (unpaired) electrons. The van der Waals surface area contributed by atoms with Crippen molar-refractivity contribution in [3.8, 4) is 0 Å². The van der Waals surface area contributed by atoms with Crippen LogP contribution < -0.4 is 21.3 Å². The molecule has 64 heavy (non-hydrogen) atoms. The van der Waals surface area contributed by atoms with E-state index in [1.165, 1.54) is 0 Å². The van der Waals surface area contributed by atoms with Crippen LogP contribution >= 0.6 is 0 Å². The van der Waals surface area contributed by atoms with Gasteiger partial charge in [-0.1, -0.05) is 168 Å². The van der Waals surface area contributed by atoms with E-state index in [-0.39, 0.29) is 23.6 Å². The van der Waals surface area contributed by atoms with Gasteiger partial charge in [-0.15, -0.1) is 0 Å². The molecule has 0 atom stereocenters. The maximum Gasteiger partial charge on any atom is 0.251 e. The summed E-state index contributed by atoms with van der Waals surface area (Å²) in [6.07, 6.45) is 15.2. The zero-order chi connectivity index (χ0) is 47.9. The Kier molecular flexibility index (Phi) is 26.9. The van der Waals surface area contributed by atoms with Crippen LogP contribution in [0.2, 0.25) is 0 Å². The fourth-order valence-electron chi connectivity index (χ4n) is 5.22. The van der Waals surface area contributed by atoms with Crippen LogP contribution in [0.4, 0.5) is 0 Å². The lowest BCUT2D eigenvalue weighted by atomic mass is 10.0. The van der Waals surface area contributed by atoms with Gasteiger partial charge in [0.05, 0.1) is 0 Å². The predicted octanol–water partition coefficient (Wildman–Crippen LogP) is 11.1. The van der Waals surface area contributed by atoms with E-state index in [0.717, 1.165) is 44.5 Å². The first kappa shape index (κ1) is 54.7. The molecule has 8 nitrogen and oxygen atoms in total. The molecule has 8 heteroatoms. The largest absolute Gasteiger partial charge is 0.355 e. The van der Waals surface area contributed by atoms with Gasteiger partial charge in [-0.2, -0.15) is 0 Å². The average molecular weight is 861 g/mol. The molecule has 4 aromatic rings. The fourth-order valence-corrected chi connectivity index (χ4v) is 5.22. The standard InChI is InChI=1S/4C14H17NO/c4*1-11(2)9-10-13(14(16)15-3)12-7-5-4-6-8-12/h4*4-10H,1-3H3,(H,15,16)/b4*13-10-. The summed E-state index contributed by atoms with van der Waals surface area (Å²) >= 11 is 0. The second-order valence-corrected chi connectivity index (χ2v) is 15.1. The quantitative estimate of drug-likeness (QED) is 0.0838. The van der Waals surface area contributed by atoms with Crippen LogP contribution in [-0.2, 0) is 19.2 Å². The van der Waals surface area contributed by atoms with Crippen molar-refractivity contribution in [2.24, 2.45) is 0 Å². The second kappa shape index (κ2) is 31.5. The molecule has 0 heterocycles. The smallest absolute Gasteiger partial charge is 0.251 e. The number of benzene rings is 4. The molecule has 336 valence electrons. The Bertz CT molecular complexity index is 1980. The van der Waals surface area contributed by atoms with Gasteiger partial charge in [0.25, 0.3) is 23.6 Å². The molecule has 4 rings (SSSR count). The first-order valence-electron chi connectivity index (χ1n) is 21.1. The first-order valence-corrected chi connectivity index (χ1v) is 21.1. The van der Waals surface area contributed by atoms with E-state index in [9.17, 15) is 19.2 Å². The van der Waals surface area contributed by atoms with Gasteiger partial charge in [-0.3, -0.25) is 19.2 Å². The van der Waals surface area contributed by atoms with Gasteiger partial charge in [0.1, 0.15) is 0 Å². The Labute approximate surface area is 383 Å². The van der Waals surface area contributed by atoms with Gasteiger partial charge < -0.3 is 21.3 Å². The van der Waals surface area contributed by atoms with Crippen molar-refractivity contribution in [1.29, 1.82) is 0 Å². The Morgan fingerprint density at radius 2 is 0.438 bits per heavy atom. The van der Waals surface area contributed by atoms with E-state index >= 15 is 0 Å². The number of nitrogens with one attached hydrogen (secondary N) is 4. The van der Waals surface area contributed by atoms with Crippen molar-refractivity contribution < 1.29 is 19.2 Å². The zero-order valence-corrected chi connectivity index (χ0v) is 39.8. The molecule has 0 saturated heterocycles. The van der Waals surface area contributed by atoms with Crippen LogP contribution in [0, 0.1) is 0 Å². The summed E-state index contributed by atoms with van der Waals surface area (Å²) < 4.78 is 0. The molecule has 4 amide bonds. The van der Waals surface area contributed by atoms with Gasteiger partial charge >= 0.3 is 0 Å². The SMILES string of the molecule is CNC(=O)/C(=C\C=C(C)C)c1ccccc1.CNC(=O)/C(=C\C=C(C)C)c1ccccc1.CNC(=O)/C(=C\C=C(C)C)c1ccccc1.CNC(=O)/C(=C\C=C(C)C)c1ccccc1. The molecule has 0 bridgehead atoms. The number of carbonyl (C=O) groups is 4. The maximum absolute atomic E-state index is 11.7. The molecule has 0 unspecified atom stereocenters. The molecule has 4 N–H and O–H groups in total. The molecule has 0 aliphatic carbocycles. The summed E-state index contributed by atoms with van der Waals surface area (Å²) in [6.45, 7) is 16.0. The lowest BCUT2D eigenvalue weighted by molar-refractivity contribution is -0.115. The molecule has 0 aliphatic heterocycles. The third kappa shape index (κ3) is 22.0. The number of amides is 4. The average Bonchev–Trinajstić information content (AvgIpc) is 3.30. The Morgan fingerprint density at radius 3 is 0.562 bits per heavy atom. The van der Waals surface area contributed by atoms with E-state index in [1.54, 1.807) is 28.2 Å². The van der Waals surface area contributed by atoms with Gasteiger partial charge in [-0.25, -0.2) is 0 Å². The number of hydrogen-bond acceptors (Lipinski definition) is 4. The van der Waals surface area contributed by atoms with E-state index in [1.807, 2.05) is 225 Å². The van der Waals surface area contributed by atoms with Gasteiger partial charge in [0.2, 0.25) is 0 Å². The minimum atomic E-state index is -0.0660. The van der Waals surface area contributed by atoms with Crippen molar-refractivity contribution in [2.45, 2.75) is 55.4 Å². The third-order valence-corrected chi connectivity index (χ3v) is 8.56. The normalized spacial score (nSPS) is 10.8. The van der Waals surface area contributed by atoms with Gasteiger partial charge in [0.15, 0.2) is 0 Å². The number of rotatable bonds is 12. The van der Waals surface area contributed by atoms with E-state index in [0.29, 0.717) is 22.3 Å². The Morgan fingerprint density at radius 1 is 0.281 bits per heavy atom. The molecule has 0 aromatic heterocycles. The summed E-state index contributed by atoms with van der Waals surface area (Å²) in [5.74, 6) is -0.264. The topological polar surface area (TPSA) is 116 Å². The van der Waals surface area contributed by atoms with Crippen LogP contribution in [0.3, 0.4) is 0 Å². The summed E-state index contributed by atoms with van der Waals surface area (Å²) in [5.41, 5.74) is 11.1. The fraction of sp³-hybridized carbons (Fsp3) is 0.214. The van der Waals surface area contributed by atoms with Crippen LogP contribution in [-0.4, -0.2) is 51.8 Å². The van der Waals surface area contributed by atoms with Crippen LogP contribution in [0.1, 0.15) is 77.6 Å². The van der Waals surface area contributed by atoms with Crippen LogP contribution in [0.15, 0.2) is 192 Å². The van der Waals surface area contributed by atoms with E-state index < -0.39 is 0 Å². The molecular weight excluding hydrogens is 793 g/mol. The number of likely N-dealkylation sites (N-methyl/N-ethyl adjacent to an activating group) is 4. The molecule has 0 fully saturated rings. The summed E-state index contributed by atoms with van der Waals surface area (Å²) in [7, 11) is 6.56. The van der Waals surface area contributed by atoms with Crippen molar-refractivity contribution in [1.82, 2.24) is 21.3 Å². The molecule has 0 spiro atoms. The molecular formula is C56H68N4O4.